The fourth-order valence-electron chi connectivity index (χ4n) is 8.73. The lowest BCUT2D eigenvalue weighted by atomic mass is 9.88. The molecular formula is C46H41BN2O2+. The molecule has 1 radical (unpaired) electrons. The van der Waals surface area contributed by atoms with Gasteiger partial charge in [0.05, 0.1) is 16.8 Å². The van der Waals surface area contributed by atoms with Crippen LogP contribution in [0.1, 0.15) is 79.9 Å². The van der Waals surface area contributed by atoms with E-state index in [2.05, 4.69) is 135 Å². The van der Waals surface area contributed by atoms with Gasteiger partial charge < -0.3 is 13.3 Å². The molecule has 4 nitrogen and oxygen atoms in total. The Morgan fingerprint density at radius 3 is 2.22 bits per heavy atom. The summed E-state index contributed by atoms with van der Waals surface area (Å²) in [6.45, 7) is 13.1. The van der Waals surface area contributed by atoms with Crippen LogP contribution in [0.3, 0.4) is 0 Å². The normalized spacial score (nSPS) is 15.3. The van der Waals surface area contributed by atoms with Gasteiger partial charge in [-0.2, -0.15) is 0 Å². The third-order valence-corrected chi connectivity index (χ3v) is 11.0. The van der Waals surface area contributed by atoms with Crippen molar-refractivity contribution in [2.24, 2.45) is 0 Å². The lowest BCUT2D eigenvalue weighted by Gasteiger charge is -2.20. The minimum absolute atomic E-state index is 0.919. The summed E-state index contributed by atoms with van der Waals surface area (Å²) in [5.41, 5.74) is 19.0. The lowest BCUT2D eigenvalue weighted by Crippen LogP contribution is -2.32. The van der Waals surface area contributed by atoms with Crippen molar-refractivity contribution in [1.82, 2.24) is 4.48 Å². The zero-order valence-corrected chi connectivity index (χ0v) is 30.2. The van der Waals surface area contributed by atoms with Gasteiger partial charge in [0.15, 0.2) is 11.4 Å². The second kappa shape index (κ2) is 12.1. The Balaban J connectivity index is 0.00000171. The van der Waals surface area contributed by atoms with E-state index in [0.717, 1.165) is 52.5 Å². The summed E-state index contributed by atoms with van der Waals surface area (Å²) in [6.07, 6.45) is 7.77. The van der Waals surface area contributed by atoms with Crippen LogP contribution in [0.5, 0.6) is 0 Å². The van der Waals surface area contributed by atoms with Gasteiger partial charge in [0.1, 0.15) is 22.5 Å². The first-order chi connectivity index (χ1) is 25.0. The van der Waals surface area contributed by atoms with Gasteiger partial charge >= 0.3 is 7.55 Å². The molecule has 0 fully saturated rings. The van der Waals surface area contributed by atoms with E-state index in [1.54, 1.807) is 0 Å². The predicted octanol–water partition coefficient (Wildman–Crippen LogP) is 11.9. The first-order valence-corrected chi connectivity index (χ1v) is 18.3. The summed E-state index contributed by atoms with van der Waals surface area (Å²) < 4.78 is 17.4. The molecule has 0 saturated heterocycles. The molecule has 5 heterocycles. The lowest BCUT2D eigenvalue weighted by molar-refractivity contribution is -0.315. The maximum atomic E-state index is 6.35. The highest BCUT2D eigenvalue weighted by Gasteiger charge is 2.44. The number of rotatable bonds is 3. The molecule has 0 N–H and O–H groups in total. The zero-order valence-electron chi connectivity index (χ0n) is 30.2. The molecule has 51 heavy (non-hydrogen) atoms. The molecule has 0 bridgehead atoms. The van der Waals surface area contributed by atoms with E-state index in [9.17, 15) is 0 Å². The van der Waals surface area contributed by atoms with Gasteiger partial charge in [0.25, 0.3) is 0 Å². The number of hydrogen-bond donors (Lipinski definition) is 0. The quantitative estimate of drug-likeness (QED) is 0.176. The molecule has 7 aromatic rings. The molecule has 4 aromatic carbocycles. The van der Waals surface area contributed by atoms with Crippen LogP contribution in [0, 0.1) is 13.8 Å². The maximum Gasteiger partial charge on any atom is 0.700 e. The maximum absolute atomic E-state index is 6.35. The van der Waals surface area contributed by atoms with Crippen LogP contribution in [0.15, 0.2) is 117 Å². The molecule has 0 amide bonds. The topological polar surface area (TPSA) is 34.2 Å². The van der Waals surface area contributed by atoms with Gasteiger partial charge in [-0.25, -0.2) is 0 Å². The summed E-state index contributed by atoms with van der Waals surface area (Å²) >= 11 is 0. The van der Waals surface area contributed by atoms with Gasteiger partial charge in [0.2, 0.25) is 0 Å². The third-order valence-electron chi connectivity index (χ3n) is 11.0. The average Bonchev–Trinajstić information content (AvgIpc) is 3.80. The van der Waals surface area contributed by atoms with Crippen LogP contribution in [0.25, 0.3) is 61.3 Å². The fourth-order valence-corrected chi connectivity index (χ4v) is 8.73. The van der Waals surface area contributed by atoms with Crippen molar-refractivity contribution in [3.63, 3.8) is 0 Å². The van der Waals surface area contributed by atoms with Crippen molar-refractivity contribution in [3.05, 3.63) is 148 Å². The molecule has 5 heteroatoms. The molecule has 0 spiro atoms. The number of benzene rings is 4. The van der Waals surface area contributed by atoms with E-state index in [-0.39, 0.29) is 0 Å². The Labute approximate surface area is 300 Å². The number of furan rings is 2. The molecule has 3 aliphatic rings. The summed E-state index contributed by atoms with van der Waals surface area (Å²) in [7, 11) is 2.31. The minimum atomic E-state index is 0.919. The van der Waals surface area contributed by atoms with Crippen molar-refractivity contribution in [3.8, 4) is 11.1 Å². The standard InChI is InChI=1S/C44H35BN2O2.C2H6/c1-25-40(30-19-21-38-34(23-30)32-15-9-6-10-17-36(32)48-38)27(3)46-43(25)42(29-13-7-5-8-14-29)44-26(2)41(28(4)47(44)45-46)31-20-22-39-35(24-31)33-16-11-12-18-37(33)49-39;1-2/h5,7-9,11-16,18-24H,6,10,17H2,1-4H3;1-2H3/q+1;. The Hall–Kier alpha value is -5.55. The first-order valence-electron chi connectivity index (χ1n) is 18.3. The predicted molar refractivity (Wildman–Crippen MR) is 213 cm³/mol. The van der Waals surface area contributed by atoms with Gasteiger partial charge in [-0.05, 0) is 86.2 Å². The van der Waals surface area contributed by atoms with Crippen LogP contribution >= 0.6 is 0 Å². The van der Waals surface area contributed by atoms with Gasteiger partial charge in [-0.3, -0.25) is 4.49 Å². The smallest absolute Gasteiger partial charge is 0.460 e. The number of aryl methyl sites for hydroxylation is 1. The van der Waals surface area contributed by atoms with Crippen molar-refractivity contribution in [2.45, 2.75) is 60.8 Å². The van der Waals surface area contributed by atoms with E-state index in [4.69, 9.17) is 8.83 Å². The highest BCUT2D eigenvalue weighted by molar-refractivity contribution is 6.35. The van der Waals surface area contributed by atoms with E-state index < -0.39 is 0 Å². The number of aromatic nitrogens is 1. The molecule has 249 valence electrons. The van der Waals surface area contributed by atoms with Gasteiger partial charge in [-0.1, -0.05) is 86.7 Å². The summed E-state index contributed by atoms with van der Waals surface area (Å²) in [4.78, 5) is 0. The van der Waals surface area contributed by atoms with E-state index in [1.807, 2.05) is 26.0 Å². The third kappa shape index (κ3) is 4.64. The van der Waals surface area contributed by atoms with Crippen molar-refractivity contribution in [1.29, 1.82) is 0 Å². The first kappa shape index (κ1) is 31.4. The molecule has 10 rings (SSSR count). The van der Waals surface area contributed by atoms with E-state index in [1.165, 1.54) is 78.3 Å². The fraction of sp³-hybridized carbons (Fsp3) is 0.196. The number of hydrogen-bond acceptors (Lipinski definition) is 2. The molecule has 2 aliphatic heterocycles. The highest BCUT2D eigenvalue weighted by atomic mass is 16.3. The number of nitrogens with zero attached hydrogens (tertiary/aromatic N) is 2. The molecule has 3 aromatic heterocycles. The Morgan fingerprint density at radius 2 is 1.39 bits per heavy atom. The second-order valence-corrected chi connectivity index (χ2v) is 13.7. The number of para-hydroxylation sites is 1. The number of allylic oxidation sites excluding steroid dienone is 3. The summed E-state index contributed by atoms with van der Waals surface area (Å²) in [6, 6.07) is 32.6. The Morgan fingerprint density at radius 1 is 0.686 bits per heavy atom. The van der Waals surface area contributed by atoms with Crippen LogP contribution in [0.2, 0.25) is 0 Å². The second-order valence-electron chi connectivity index (χ2n) is 13.7. The van der Waals surface area contributed by atoms with Crippen molar-refractivity contribution >= 4 is 63.4 Å². The molecular weight excluding hydrogens is 623 g/mol. The van der Waals surface area contributed by atoms with Crippen molar-refractivity contribution in [2.75, 3.05) is 0 Å². The van der Waals surface area contributed by atoms with E-state index in [0.29, 0.717) is 0 Å². The van der Waals surface area contributed by atoms with Crippen LogP contribution in [-0.2, 0) is 6.42 Å². The van der Waals surface area contributed by atoms with Crippen LogP contribution in [-0.4, -0.2) is 22.2 Å². The van der Waals surface area contributed by atoms with Gasteiger partial charge in [0, 0.05) is 51.9 Å². The molecule has 0 saturated carbocycles. The van der Waals surface area contributed by atoms with Crippen LogP contribution in [0.4, 0.5) is 0 Å². The zero-order chi connectivity index (χ0) is 35.0. The summed E-state index contributed by atoms with van der Waals surface area (Å²) in [5, 5.41) is 3.50. The Kier molecular flexibility index (Phi) is 7.43. The summed E-state index contributed by atoms with van der Waals surface area (Å²) in [5.74, 6) is 1.11. The SMILES string of the molecule is CC.CC1=C(c2ccc3oc4c(c3c2)C=CCCC4)C(C)=[N+]2[B]n3c(C)c(-c4ccc5oc6ccccc6c5c4)c(C)c3C(c3ccccc3)=C12. The van der Waals surface area contributed by atoms with Crippen molar-refractivity contribution < 1.29 is 13.3 Å². The van der Waals surface area contributed by atoms with Crippen LogP contribution < -0.4 is 0 Å². The molecule has 0 atom stereocenters. The van der Waals surface area contributed by atoms with E-state index >= 15 is 0 Å². The minimum Gasteiger partial charge on any atom is -0.460 e. The largest absolute Gasteiger partial charge is 0.700 e. The number of fused-ring (bicyclic) bond motifs is 8. The monoisotopic (exact) mass is 664 g/mol. The average molecular weight is 665 g/mol. The van der Waals surface area contributed by atoms with Gasteiger partial charge in [-0.15, -0.1) is 0 Å². The molecule has 1 aliphatic carbocycles. The molecule has 0 unspecified atom stereocenters. The Bertz CT molecular complexity index is 2690. The highest BCUT2D eigenvalue weighted by Crippen LogP contribution is 2.46.